The summed E-state index contributed by atoms with van der Waals surface area (Å²) in [6, 6.07) is 2.74. The summed E-state index contributed by atoms with van der Waals surface area (Å²) in [6.07, 6.45) is 2.33. The molecule has 0 saturated carbocycles. The molecule has 2 aromatic heterocycles. The van der Waals surface area contributed by atoms with Crippen molar-refractivity contribution in [3.63, 3.8) is 0 Å². The van der Waals surface area contributed by atoms with Crippen molar-refractivity contribution in [3.05, 3.63) is 57.3 Å². The molecule has 2 aromatic rings. The van der Waals surface area contributed by atoms with Crippen LogP contribution >= 0.6 is 0 Å². The Bertz CT molecular complexity index is 1350. The van der Waals surface area contributed by atoms with E-state index in [1.807, 2.05) is 0 Å². The summed E-state index contributed by atoms with van der Waals surface area (Å²) < 4.78 is 54.8. The lowest BCUT2D eigenvalue weighted by Gasteiger charge is -2.37. The first-order valence-corrected chi connectivity index (χ1v) is 12.0. The highest BCUT2D eigenvalue weighted by Gasteiger charge is 2.49. The predicted octanol–water partition coefficient (Wildman–Crippen LogP) is 1.89. The number of alkyl halides is 2. The maximum absolute atomic E-state index is 12.9. The van der Waals surface area contributed by atoms with Crippen molar-refractivity contribution < 1.29 is 26.7 Å². The van der Waals surface area contributed by atoms with Crippen LogP contribution in [-0.2, 0) is 28.8 Å². The molecular weight excluding hydrogens is 470 g/mol. The van der Waals surface area contributed by atoms with E-state index in [-0.39, 0.29) is 29.3 Å². The molecule has 3 heterocycles. The van der Waals surface area contributed by atoms with Crippen molar-refractivity contribution in [3.8, 4) is 5.75 Å². The number of sulfone groups is 1. The van der Waals surface area contributed by atoms with Crippen molar-refractivity contribution in [1.29, 1.82) is 0 Å². The van der Waals surface area contributed by atoms with Gasteiger partial charge in [0.05, 0.1) is 11.9 Å². The Morgan fingerprint density at radius 2 is 1.94 bits per heavy atom. The minimum Gasteiger partial charge on any atom is -0.433 e. The monoisotopic (exact) mass is 496 g/mol. The van der Waals surface area contributed by atoms with Gasteiger partial charge in [-0.2, -0.15) is 8.78 Å². The number of carbonyl (C=O) groups excluding carboxylic acids is 1. The summed E-state index contributed by atoms with van der Waals surface area (Å²) in [5, 5.41) is 0. The molecule has 1 aliphatic heterocycles. The summed E-state index contributed by atoms with van der Waals surface area (Å²) in [5.41, 5.74) is 5.01. The predicted molar refractivity (Wildman–Crippen MR) is 122 cm³/mol. The van der Waals surface area contributed by atoms with Crippen LogP contribution in [0.3, 0.4) is 0 Å². The highest BCUT2D eigenvalue weighted by atomic mass is 32.2. The van der Waals surface area contributed by atoms with Crippen molar-refractivity contribution in [2.24, 2.45) is 17.8 Å². The largest absolute Gasteiger partial charge is 0.433 e. The van der Waals surface area contributed by atoms with Crippen LogP contribution in [0.4, 0.5) is 8.78 Å². The molecule has 9 nitrogen and oxygen atoms in total. The molecule has 0 aliphatic carbocycles. The van der Waals surface area contributed by atoms with Gasteiger partial charge in [-0.05, 0) is 51.0 Å². The Morgan fingerprint density at radius 1 is 1.29 bits per heavy atom. The van der Waals surface area contributed by atoms with Gasteiger partial charge in [0.15, 0.2) is 15.6 Å². The highest BCUT2D eigenvalue weighted by Crippen LogP contribution is 2.35. The molecule has 0 fully saturated rings. The number of rotatable bonds is 6. The smallest absolute Gasteiger partial charge is 0.387 e. The van der Waals surface area contributed by atoms with E-state index in [0.717, 1.165) is 6.20 Å². The third kappa shape index (κ3) is 4.59. The molecule has 0 amide bonds. The number of aromatic nitrogens is 2. The number of aryl methyl sites for hydroxylation is 2. The third-order valence-corrected chi connectivity index (χ3v) is 8.67. The van der Waals surface area contributed by atoms with Crippen LogP contribution in [-0.4, -0.2) is 46.7 Å². The molecule has 1 atom stereocenters. The van der Waals surface area contributed by atoms with Gasteiger partial charge in [-0.3, -0.25) is 14.6 Å². The number of Topliss-reactive ketones (excluding diaryl/α,β-unsaturated/α-hetero) is 1. The SMILES string of the molecule is Cc1cc(OC(F)F)cnc1C(=O)Cc1cc([C@]2(C)CS(=O)(=O)C(C)(C)C(N)=N2)c(=O)n(C)c1. The van der Waals surface area contributed by atoms with Crippen molar-refractivity contribution >= 4 is 21.5 Å². The highest BCUT2D eigenvalue weighted by molar-refractivity contribution is 7.93. The van der Waals surface area contributed by atoms with Gasteiger partial charge in [-0.1, -0.05) is 0 Å². The van der Waals surface area contributed by atoms with E-state index in [1.165, 1.54) is 57.6 Å². The van der Waals surface area contributed by atoms with Gasteiger partial charge >= 0.3 is 6.61 Å². The van der Waals surface area contributed by atoms with E-state index in [2.05, 4.69) is 14.7 Å². The van der Waals surface area contributed by atoms with Gasteiger partial charge in [0.25, 0.3) is 5.56 Å². The molecule has 0 bridgehead atoms. The van der Waals surface area contributed by atoms with Gasteiger partial charge in [0, 0.05) is 25.2 Å². The molecule has 34 heavy (non-hydrogen) atoms. The van der Waals surface area contributed by atoms with E-state index in [0.29, 0.717) is 11.1 Å². The molecule has 2 N–H and O–H groups in total. The van der Waals surface area contributed by atoms with Gasteiger partial charge in [-0.15, -0.1) is 0 Å². The van der Waals surface area contributed by atoms with Crippen LogP contribution in [0, 0.1) is 6.92 Å². The Kier molecular flexibility index (Phi) is 6.42. The number of carbonyl (C=O) groups is 1. The number of nitrogens with two attached hydrogens (primary N) is 1. The summed E-state index contributed by atoms with van der Waals surface area (Å²) in [5.74, 6) is -1.11. The minimum absolute atomic E-state index is 0.0625. The normalized spacial score (nSPS) is 21.2. The Morgan fingerprint density at radius 3 is 2.50 bits per heavy atom. The molecular formula is C22H26F2N4O5S. The van der Waals surface area contributed by atoms with E-state index in [1.54, 1.807) is 0 Å². The number of aliphatic imine (C=N–C) groups is 1. The first kappa shape index (κ1) is 25.5. The summed E-state index contributed by atoms with van der Waals surface area (Å²) in [7, 11) is -2.26. The van der Waals surface area contributed by atoms with E-state index >= 15 is 0 Å². The standard InChI is InChI=1S/C22H26F2N4O5S/c1-12-6-14(33-20(23)24)9-26-17(12)16(29)8-13-7-15(18(30)28(5)10-13)22(4)11-34(31,32)21(2,3)19(25)27-22/h6-7,9-10,20H,8,11H2,1-5H3,(H2,25,27)/t22-/m0/s1. The number of nitrogens with zero attached hydrogens (tertiary/aromatic N) is 3. The molecule has 0 unspecified atom stereocenters. The van der Waals surface area contributed by atoms with Gasteiger partial charge in [-0.25, -0.2) is 13.4 Å². The van der Waals surface area contributed by atoms with Crippen molar-refractivity contribution in [2.75, 3.05) is 5.75 Å². The van der Waals surface area contributed by atoms with E-state index < -0.39 is 43.8 Å². The number of pyridine rings is 2. The molecule has 0 saturated heterocycles. The van der Waals surface area contributed by atoms with Crippen LogP contribution in [0.5, 0.6) is 5.75 Å². The lowest BCUT2D eigenvalue weighted by atomic mass is 9.92. The topological polar surface area (TPSA) is 134 Å². The van der Waals surface area contributed by atoms with Gasteiger partial charge in [0.2, 0.25) is 0 Å². The fourth-order valence-electron chi connectivity index (χ4n) is 3.82. The average Bonchev–Trinajstić information content (AvgIpc) is 2.68. The van der Waals surface area contributed by atoms with Gasteiger partial charge < -0.3 is 15.0 Å². The van der Waals surface area contributed by atoms with Crippen LogP contribution in [0.1, 0.15) is 48.0 Å². The molecule has 1 aliphatic rings. The molecule has 0 radical (unpaired) electrons. The maximum Gasteiger partial charge on any atom is 0.387 e. The van der Waals surface area contributed by atoms with E-state index in [4.69, 9.17) is 5.73 Å². The second-order valence-electron chi connectivity index (χ2n) is 9.03. The van der Waals surface area contributed by atoms with Crippen LogP contribution < -0.4 is 16.0 Å². The molecule has 3 rings (SSSR count). The molecule has 0 aromatic carbocycles. The average molecular weight is 497 g/mol. The third-order valence-electron chi connectivity index (χ3n) is 5.96. The first-order valence-electron chi connectivity index (χ1n) is 10.3. The number of hydrogen-bond donors (Lipinski definition) is 1. The number of halogens is 2. The zero-order valence-corrected chi connectivity index (χ0v) is 20.2. The number of amidine groups is 1. The van der Waals surface area contributed by atoms with Crippen LogP contribution in [0.2, 0.25) is 0 Å². The lowest BCUT2D eigenvalue weighted by molar-refractivity contribution is -0.0501. The van der Waals surface area contributed by atoms with Crippen molar-refractivity contribution in [1.82, 2.24) is 9.55 Å². The first-order chi connectivity index (χ1) is 15.6. The Hall–Kier alpha value is -3.15. The summed E-state index contributed by atoms with van der Waals surface area (Å²) >= 11 is 0. The molecule has 0 spiro atoms. The molecule has 184 valence electrons. The quantitative estimate of drug-likeness (QED) is 0.604. The van der Waals surface area contributed by atoms with Crippen molar-refractivity contribution in [2.45, 2.75) is 51.0 Å². The second kappa shape index (κ2) is 8.57. The van der Waals surface area contributed by atoms with Gasteiger partial charge in [0.1, 0.15) is 27.6 Å². The van der Waals surface area contributed by atoms with Crippen LogP contribution in [0.25, 0.3) is 0 Å². The fourth-order valence-corrected chi connectivity index (χ4v) is 5.51. The maximum atomic E-state index is 12.9. The second-order valence-corrected chi connectivity index (χ2v) is 11.6. The number of ketones is 1. The zero-order chi connectivity index (χ0) is 25.6. The Labute approximate surface area is 195 Å². The lowest BCUT2D eigenvalue weighted by Crippen LogP contribution is -2.55. The molecule has 12 heteroatoms. The van der Waals surface area contributed by atoms with Crippen LogP contribution in [0.15, 0.2) is 34.3 Å². The Balaban J connectivity index is 2.00. The fraction of sp³-hybridized carbons (Fsp3) is 0.455. The zero-order valence-electron chi connectivity index (χ0n) is 19.4. The summed E-state index contributed by atoms with van der Waals surface area (Å²) in [6.45, 7) is 2.96. The summed E-state index contributed by atoms with van der Waals surface area (Å²) in [4.78, 5) is 34.1. The number of hydrogen-bond acceptors (Lipinski definition) is 8. The van der Waals surface area contributed by atoms with E-state index in [9.17, 15) is 26.8 Å². The number of ether oxygens (including phenoxy) is 1. The minimum atomic E-state index is -3.74.